The minimum atomic E-state index is -3.88. The van der Waals surface area contributed by atoms with E-state index in [4.69, 9.17) is 11.6 Å². The number of thiophene rings is 1. The molecule has 2 aromatic heterocycles. The zero-order valence-electron chi connectivity index (χ0n) is 12.5. The average Bonchev–Trinajstić information content (AvgIpc) is 3.15. The van der Waals surface area contributed by atoms with Gasteiger partial charge < -0.3 is 4.57 Å². The Morgan fingerprint density at radius 1 is 1.24 bits per heavy atom. The van der Waals surface area contributed by atoms with Gasteiger partial charge in [0, 0.05) is 0 Å². The number of hydrogen-bond donors (Lipinski definition) is 1. The second-order valence-corrected chi connectivity index (χ2v) is 10.2. The highest BCUT2D eigenvalue weighted by atomic mass is 32.2. The van der Waals surface area contributed by atoms with Crippen LogP contribution in [0.4, 0.5) is 0 Å². The lowest BCUT2D eigenvalue weighted by molar-refractivity contribution is 0.596. The number of benzene rings is 1. The Morgan fingerprint density at radius 2 is 2.00 bits per heavy atom. The largest absolute Gasteiger partial charge is 0.304 e. The van der Waals surface area contributed by atoms with Gasteiger partial charge in [-0.1, -0.05) is 23.3 Å². The molecule has 0 saturated heterocycles. The van der Waals surface area contributed by atoms with Gasteiger partial charge in [0.2, 0.25) is 14.8 Å². The van der Waals surface area contributed by atoms with Gasteiger partial charge in [0.05, 0.1) is 21.7 Å². The molecule has 0 aliphatic carbocycles. The van der Waals surface area contributed by atoms with E-state index in [0.29, 0.717) is 10.2 Å². The molecule has 2 heterocycles. The van der Waals surface area contributed by atoms with Crippen molar-refractivity contribution in [3.05, 3.63) is 40.5 Å². The second kappa shape index (κ2) is 6.40. The van der Waals surface area contributed by atoms with Crippen LogP contribution in [0.1, 0.15) is 0 Å². The maximum Gasteiger partial charge on any atom is 0.294 e. The minimum Gasteiger partial charge on any atom is -0.304 e. The summed E-state index contributed by atoms with van der Waals surface area (Å²) in [7, 11) is -7.75. The van der Waals surface area contributed by atoms with Gasteiger partial charge in [-0.25, -0.2) is 13.6 Å². The average molecular weight is 414 g/mol. The molecule has 0 bridgehead atoms. The van der Waals surface area contributed by atoms with Crippen molar-refractivity contribution in [2.24, 2.45) is 9.54 Å². The summed E-state index contributed by atoms with van der Waals surface area (Å²) < 4.78 is 53.8. The van der Waals surface area contributed by atoms with Crippen LogP contribution in [0.15, 0.2) is 49.2 Å². The molecule has 0 unspecified atom stereocenters. The molecule has 3 rings (SSSR count). The Hall–Kier alpha value is -1.97. The number of rotatable bonds is 4. The maximum atomic E-state index is 12.4. The highest BCUT2D eigenvalue weighted by Gasteiger charge is 2.17. The SMILES string of the molecule is C#CCn1c(=NS(=O)(=O)c2cccs2)sc2cc(S(N)(=O)=O)ccc21. The molecule has 7 nitrogen and oxygen atoms in total. The van der Waals surface area contributed by atoms with E-state index in [1.165, 1.54) is 28.8 Å². The fraction of sp³-hybridized carbons (Fsp3) is 0.0714. The van der Waals surface area contributed by atoms with Crippen LogP contribution >= 0.6 is 22.7 Å². The smallest absolute Gasteiger partial charge is 0.294 e. The normalized spacial score (nSPS) is 13.2. The third-order valence-corrected chi connectivity index (χ3v) is 7.89. The first-order valence-electron chi connectivity index (χ1n) is 6.66. The highest BCUT2D eigenvalue weighted by Crippen LogP contribution is 2.23. The lowest BCUT2D eigenvalue weighted by Crippen LogP contribution is -2.16. The molecular formula is C14H11N3O4S4. The van der Waals surface area contributed by atoms with Gasteiger partial charge in [0.25, 0.3) is 10.0 Å². The molecule has 1 aromatic carbocycles. The molecule has 0 atom stereocenters. The third-order valence-electron chi connectivity index (χ3n) is 3.18. The van der Waals surface area contributed by atoms with Crippen LogP contribution < -0.4 is 9.94 Å². The molecule has 0 spiro atoms. The Balaban J connectivity index is 2.30. The van der Waals surface area contributed by atoms with Gasteiger partial charge >= 0.3 is 0 Å². The summed E-state index contributed by atoms with van der Waals surface area (Å²) in [6.45, 7) is 0.0908. The first-order chi connectivity index (χ1) is 11.7. The predicted octanol–water partition coefficient (Wildman–Crippen LogP) is 1.33. The second-order valence-electron chi connectivity index (χ2n) is 4.85. The summed E-state index contributed by atoms with van der Waals surface area (Å²) in [6, 6.07) is 7.32. The van der Waals surface area contributed by atoms with E-state index in [1.807, 2.05) is 0 Å². The molecule has 0 amide bonds. The van der Waals surface area contributed by atoms with E-state index in [-0.39, 0.29) is 20.5 Å². The van der Waals surface area contributed by atoms with Gasteiger partial charge in [-0.3, -0.25) is 0 Å². The Bertz CT molecular complexity index is 1260. The number of sulfonamides is 2. The summed E-state index contributed by atoms with van der Waals surface area (Å²) >= 11 is 2.08. The minimum absolute atomic E-state index is 0.0678. The van der Waals surface area contributed by atoms with Crippen molar-refractivity contribution in [2.45, 2.75) is 15.6 Å². The fourth-order valence-corrected chi connectivity index (χ4v) is 5.96. The van der Waals surface area contributed by atoms with Gasteiger partial charge in [0.15, 0.2) is 0 Å². The Labute approximate surface area is 152 Å². The lowest BCUT2D eigenvalue weighted by Gasteiger charge is -2.01. The number of nitrogens with zero attached hydrogens (tertiary/aromatic N) is 2. The van der Waals surface area contributed by atoms with Crippen LogP contribution in [0.25, 0.3) is 10.2 Å². The predicted molar refractivity (Wildman–Crippen MR) is 97.1 cm³/mol. The molecule has 2 N–H and O–H groups in total. The molecule has 130 valence electrons. The number of fused-ring (bicyclic) bond motifs is 1. The van der Waals surface area contributed by atoms with E-state index in [1.54, 1.807) is 11.4 Å². The summed E-state index contributed by atoms with van der Waals surface area (Å²) in [6.07, 6.45) is 5.37. The van der Waals surface area contributed by atoms with E-state index in [9.17, 15) is 16.8 Å². The number of terminal acetylenes is 1. The van der Waals surface area contributed by atoms with Crippen molar-refractivity contribution in [3.63, 3.8) is 0 Å². The molecule has 0 aliphatic rings. The standard InChI is InChI=1S/C14H11N3O4S4/c1-2-7-17-11-6-5-10(24(15,18)19)9-12(11)23-14(17)16-25(20,21)13-4-3-8-22-13/h1,3-6,8-9H,7H2,(H2,15,18,19). The molecular weight excluding hydrogens is 402 g/mol. The number of nitrogens with two attached hydrogens (primary N) is 1. The Morgan fingerprint density at radius 3 is 2.60 bits per heavy atom. The van der Waals surface area contributed by atoms with Crippen molar-refractivity contribution in [2.75, 3.05) is 0 Å². The Kier molecular flexibility index (Phi) is 4.56. The topological polar surface area (TPSA) is 112 Å². The molecule has 25 heavy (non-hydrogen) atoms. The van der Waals surface area contributed by atoms with E-state index in [2.05, 4.69) is 10.3 Å². The van der Waals surface area contributed by atoms with Crippen molar-refractivity contribution < 1.29 is 16.8 Å². The van der Waals surface area contributed by atoms with Crippen LogP contribution in [0.2, 0.25) is 0 Å². The van der Waals surface area contributed by atoms with Crippen molar-refractivity contribution in [3.8, 4) is 12.3 Å². The molecule has 0 saturated carbocycles. The van der Waals surface area contributed by atoms with Crippen molar-refractivity contribution >= 4 is 52.9 Å². The number of primary sulfonamides is 1. The molecule has 0 aliphatic heterocycles. The van der Waals surface area contributed by atoms with Crippen LogP contribution in [0, 0.1) is 12.3 Å². The monoisotopic (exact) mass is 413 g/mol. The lowest BCUT2D eigenvalue weighted by atomic mass is 10.3. The van der Waals surface area contributed by atoms with E-state index >= 15 is 0 Å². The van der Waals surface area contributed by atoms with E-state index in [0.717, 1.165) is 22.7 Å². The van der Waals surface area contributed by atoms with Crippen LogP contribution in [-0.4, -0.2) is 21.4 Å². The van der Waals surface area contributed by atoms with Gasteiger partial charge in [0.1, 0.15) is 4.21 Å². The molecule has 0 radical (unpaired) electrons. The number of thiazole rings is 1. The zero-order chi connectivity index (χ0) is 18.2. The van der Waals surface area contributed by atoms with Gasteiger partial charge in [-0.15, -0.1) is 22.2 Å². The molecule has 11 heteroatoms. The molecule has 0 fully saturated rings. The third kappa shape index (κ3) is 3.53. The van der Waals surface area contributed by atoms with E-state index < -0.39 is 20.0 Å². The van der Waals surface area contributed by atoms with Gasteiger partial charge in [-0.05, 0) is 29.6 Å². The van der Waals surface area contributed by atoms with Crippen molar-refractivity contribution in [1.82, 2.24) is 4.57 Å². The first kappa shape index (κ1) is 17.8. The van der Waals surface area contributed by atoms with Gasteiger partial charge in [-0.2, -0.15) is 8.42 Å². The van der Waals surface area contributed by atoms with Crippen LogP contribution in [0.3, 0.4) is 0 Å². The van der Waals surface area contributed by atoms with Crippen molar-refractivity contribution in [1.29, 1.82) is 0 Å². The van der Waals surface area contributed by atoms with Crippen LogP contribution in [0.5, 0.6) is 0 Å². The fourth-order valence-electron chi connectivity index (χ4n) is 2.10. The quantitative estimate of drug-likeness (QED) is 0.650. The summed E-state index contributed by atoms with van der Waals surface area (Å²) in [5.74, 6) is 2.44. The zero-order valence-corrected chi connectivity index (χ0v) is 15.8. The summed E-state index contributed by atoms with van der Waals surface area (Å²) in [5.41, 5.74) is 0.579. The number of hydrogen-bond acceptors (Lipinski definition) is 6. The first-order valence-corrected chi connectivity index (χ1v) is 11.3. The molecule has 3 aromatic rings. The summed E-state index contributed by atoms with van der Waals surface area (Å²) in [5, 5.41) is 6.78. The highest BCUT2D eigenvalue weighted by molar-refractivity contribution is 7.92. The summed E-state index contributed by atoms with van der Waals surface area (Å²) in [4.78, 5) is 0.0923. The number of aromatic nitrogens is 1. The van der Waals surface area contributed by atoms with Crippen LogP contribution in [-0.2, 0) is 26.6 Å². The maximum absolute atomic E-state index is 12.4.